The molecular weight excluding hydrogens is 651 g/mol. The van der Waals surface area contributed by atoms with Gasteiger partial charge in [0.05, 0.1) is 20.2 Å². The number of rotatable bonds is 3. The molecule has 2 aromatic heterocycles. The minimum Gasteiger partial charge on any atom is -0.316 e. The van der Waals surface area contributed by atoms with Crippen molar-refractivity contribution in [3.8, 4) is 24.2 Å². The fraction of sp³-hybridized carbons (Fsp3) is 0.462. The van der Waals surface area contributed by atoms with Crippen LogP contribution in [0.25, 0.3) is 0 Å². The maximum absolute atomic E-state index is 5.82. The zero-order valence-corrected chi connectivity index (χ0v) is 27.1. The summed E-state index contributed by atoms with van der Waals surface area (Å²) >= 11 is 24.7. The van der Waals surface area contributed by atoms with E-state index in [1.54, 1.807) is 32.0 Å². The summed E-state index contributed by atoms with van der Waals surface area (Å²) in [4.78, 5) is 10.0. The van der Waals surface area contributed by atoms with Crippen molar-refractivity contribution < 1.29 is 0 Å². The topological polar surface area (TPSA) is 81.1 Å². The second-order valence-corrected chi connectivity index (χ2v) is 11.0. The lowest BCUT2D eigenvalue weighted by atomic mass is 10.1. The fourth-order valence-corrected chi connectivity index (χ4v) is 2.84. The molecule has 0 saturated carbocycles. The van der Waals surface area contributed by atoms with E-state index < -0.39 is 11.1 Å². The highest BCUT2D eigenvalue weighted by molar-refractivity contribution is 14.1. The average Bonchev–Trinajstić information content (AvgIpc) is 2.77. The lowest BCUT2D eigenvalue weighted by Gasteiger charge is -2.13. The second-order valence-electron chi connectivity index (χ2n) is 8.34. The Bertz CT molecular complexity index is 1010. The van der Waals surface area contributed by atoms with Crippen molar-refractivity contribution in [1.82, 2.24) is 14.9 Å². The SMILES string of the molecule is C#CC(C)(C)N.CC(C)(N)C#Cc1ccc(Cl)nc1Cl.CCN(CC)CC.Clc1ccc(I)c(Cl)n1. The monoisotopic (exact) mass is 685 g/mol. The van der Waals surface area contributed by atoms with E-state index in [4.69, 9.17) is 64.3 Å². The number of terminal acetylenes is 1. The molecule has 5 nitrogen and oxygen atoms in total. The van der Waals surface area contributed by atoms with E-state index in [2.05, 4.69) is 76.0 Å². The van der Waals surface area contributed by atoms with E-state index in [0.717, 1.165) is 3.57 Å². The van der Waals surface area contributed by atoms with Gasteiger partial charge >= 0.3 is 0 Å². The van der Waals surface area contributed by atoms with Crippen molar-refractivity contribution in [3.05, 3.63) is 54.0 Å². The van der Waals surface area contributed by atoms with Crippen LogP contribution in [0.2, 0.25) is 20.6 Å². The van der Waals surface area contributed by atoms with Crippen LogP contribution in [0.15, 0.2) is 24.3 Å². The zero-order valence-electron chi connectivity index (χ0n) is 21.9. The highest BCUT2D eigenvalue weighted by Crippen LogP contribution is 2.17. The van der Waals surface area contributed by atoms with Crippen molar-refractivity contribution in [2.75, 3.05) is 19.6 Å². The molecule has 36 heavy (non-hydrogen) atoms. The fourth-order valence-electron chi connectivity index (χ4n) is 1.80. The average molecular weight is 687 g/mol. The van der Waals surface area contributed by atoms with Gasteiger partial charge in [-0.2, -0.15) is 0 Å². The van der Waals surface area contributed by atoms with Gasteiger partial charge in [0.1, 0.15) is 20.6 Å². The molecule has 0 bridgehead atoms. The number of pyridine rings is 2. The number of nitrogens with two attached hydrogens (primary N) is 2. The summed E-state index contributed by atoms with van der Waals surface area (Å²) in [5.41, 5.74) is 10.7. The second kappa shape index (κ2) is 19.3. The van der Waals surface area contributed by atoms with E-state index in [1.807, 2.05) is 19.9 Å². The number of nitrogens with zero attached hydrogens (tertiary/aromatic N) is 3. The minimum atomic E-state index is -0.539. The predicted octanol–water partition coefficient (Wildman–Crippen LogP) is 7.18. The number of aromatic nitrogens is 2. The van der Waals surface area contributed by atoms with Crippen LogP contribution in [0.4, 0.5) is 0 Å². The summed E-state index contributed by atoms with van der Waals surface area (Å²) in [6.45, 7) is 17.3. The normalized spacial score (nSPS) is 10.3. The van der Waals surface area contributed by atoms with Gasteiger partial charge in [0.2, 0.25) is 0 Å². The Morgan fingerprint density at radius 1 is 0.833 bits per heavy atom. The molecule has 0 saturated heterocycles. The van der Waals surface area contributed by atoms with Crippen molar-refractivity contribution in [1.29, 1.82) is 0 Å². The molecule has 0 aromatic carbocycles. The first kappa shape index (κ1) is 37.3. The molecule has 200 valence electrons. The lowest BCUT2D eigenvalue weighted by molar-refractivity contribution is 0.321. The Labute approximate surface area is 251 Å². The molecule has 0 aliphatic heterocycles. The first-order chi connectivity index (χ1) is 16.5. The quantitative estimate of drug-likeness (QED) is 0.203. The molecule has 2 heterocycles. The molecule has 0 aliphatic carbocycles. The van der Waals surface area contributed by atoms with E-state index >= 15 is 0 Å². The van der Waals surface area contributed by atoms with E-state index in [9.17, 15) is 0 Å². The van der Waals surface area contributed by atoms with Crippen molar-refractivity contribution >= 4 is 69.0 Å². The molecule has 0 aliphatic rings. The molecule has 2 aromatic rings. The van der Waals surface area contributed by atoms with E-state index in [-0.39, 0.29) is 0 Å². The summed E-state index contributed by atoms with van der Waals surface area (Å²) in [7, 11) is 0. The Hall–Kier alpha value is -0.810. The van der Waals surface area contributed by atoms with Crippen LogP contribution in [-0.4, -0.2) is 45.6 Å². The Kier molecular flexibility index (Phi) is 20.0. The Balaban J connectivity index is 0. The molecular formula is C26H36Cl4IN5. The Morgan fingerprint density at radius 3 is 1.53 bits per heavy atom. The summed E-state index contributed by atoms with van der Waals surface area (Å²) in [5.74, 6) is 8.09. The molecule has 0 fully saturated rings. The zero-order chi connectivity index (χ0) is 28.5. The smallest absolute Gasteiger partial charge is 0.146 e. The maximum atomic E-state index is 5.82. The van der Waals surface area contributed by atoms with Crippen molar-refractivity contribution in [2.45, 2.75) is 59.5 Å². The number of hydrogen-bond donors (Lipinski definition) is 2. The lowest BCUT2D eigenvalue weighted by Crippen LogP contribution is -2.29. The molecule has 2 rings (SSSR count). The summed E-state index contributed by atoms with van der Waals surface area (Å²) in [5, 5.41) is 1.55. The number of halogens is 5. The molecule has 0 spiro atoms. The highest BCUT2D eigenvalue weighted by atomic mass is 127. The summed E-state index contributed by atoms with van der Waals surface area (Å²) < 4.78 is 0.915. The van der Waals surface area contributed by atoms with Crippen molar-refractivity contribution in [2.24, 2.45) is 11.5 Å². The van der Waals surface area contributed by atoms with Crippen LogP contribution < -0.4 is 11.5 Å². The van der Waals surface area contributed by atoms with Gasteiger partial charge in [-0.15, -0.1) is 6.42 Å². The van der Waals surface area contributed by atoms with Crippen LogP contribution in [0.1, 0.15) is 54.0 Å². The first-order valence-corrected chi connectivity index (χ1v) is 13.7. The van der Waals surface area contributed by atoms with Crippen LogP contribution in [0.3, 0.4) is 0 Å². The van der Waals surface area contributed by atoms with E-state index in [1.165, 1.54) is 19.6 Å². The highest BCUT2D eigenvalue weighted by Gasteiger charge is 2.05. The molecule has 0 radical (unpaired) electrons. The van der Waals surface area contributed by atoms with Crippen LogP contribution in [0, 0.1) is 27.8 Å². The third-order valence-corrected chi connectivity index (χ3v) is 6.00. The van der Waals surface area contributed by atoms with Gasteiger partial charge in [-0.05, 0) is 94.2 Å². The predicted molar refractivity (Wildman–Crippen MR) is 167 cm³/mol. The molecule has 0 amide bonds. The van der Waals surface area contributed by atoms with Crippen LogP contribution in [0.5, 0.6) is 0 Å². The third-order valence-electron chi connectivity index (χ3n) is 3.82. The van der Waals surface area contributed by atoms with Gasteiger partial charge in [0, 0.05) is 0 Å². The summed E-state index contributed by atoms with van der Waals surface area (Å²) in [6, 6.07) is 6.88. The molecule has 10 heteroatoms. The molecule has 0 unspecified atom stereocenters. The summed E-state index contributed by atoms with van der Waals surface area (Å²) in [6.07, 6.45) is 4.93. The van der Waals surface area contributed by atoms with Crippen LogP contribution >= 0.6 is 69.0 Å². The van der Waals surface area contributed by atoms with Gasteiger partial charge in [0.15, 0.2) is 0 Å². The van der Waals surface area contributed by atoms with Crippen LogP contribution in [-0.2, 0) is 0 Å². The van der Waals surface area contributed by atoms with Gasteiger partial charge in [-0.1, -0.05) is 84.9 Å². The third kappa shape index (κ3) is 21.3. The van der Waals surface area contributed by atoms with Gasteiger partial charge in [-0.25, -0.2) is 9.97 Å². The van der Waals surface area contributed by atoms with Gasteiger partial charge in [-0.3, -0.25) is 0 Å². The molecule has 0 atom stereocenters. The molecule has 4 N–H and O–H groups in total. The van der Waals surface area contributed by atoms with E-state index in [0.29, 0.717) is 26.2 Å². The van der Waals surface area contributed by atoms with Crippen molar-refractivity contribution in [3.63, 3.8) is 0 Å². The van der Waals surface area contributed by atoms with Gasteiger partial charge in [0.25, 0.3) is 0 Å². The van der Waals surface area contributed by atoms with Gasteiger partial charge < -0.3 is 16.4 Å². The number of hydrogen-bond acceptors (Lipinski definition) is 5. The minimum absolute atomic E-state index is 0.300. The first-order valence-electron chi connectivity index (χ1n) is 11.1. The maximum Gasteiger partial charge on any atom is 0.146 e. The largest absolute Gasteiger partial charge is 0.316 e. The standard InChI is InChI=1S/C10H10Cl2N2.C6H15N.C5H2Cl2IN.C5H9N/c1-10(2,13)6-5-7-3-4-8(11)14-9(7)12;1-4-7(5-2)6-3;6-4-2-1-3(8)5(7)9-4;1-4-5(2,3)6/h3-4H,13H2,1-2H3;4-6H2,1-3H3;1-2H;1H,6H2,2-3H3. The Morgan fingerprint density at radius 2 is 1.25 bits per heavy atom.